The van der Waals surface area contributed by atoms with Crippen LogP contribution in [0.3, 0.4) is 0 Å². The van der Waals surface area contributed by atoms with Gasteiger partial charge >= 0.3 is 5.97 Å². The number of rotatable bonds is 7. The molecule has 1 aromatic carbocycles. The molecule has 2 aromatic heterocycles. The summed E-state index contributed by atoms with van der Waals surface area (Å²) in [5.41, 5.74) is 4.28. The molecule has 2 aliphatic carbocycles. The van der Waals surface area contributed by atoms with Crippen LogP contribution in [0.25, 0.3) is 11.3 Å². The first kappa shape index (κ1) is 21.4. The zero-order valence-electron chi connectivity index (χ0n) is 18.4. The molecule has 1 amide bonds. The molecule has 0 radical (unpaired) electrons. The number of nitrogens with zero attached hydrogens (tertiary/aromatic N) is 2. The zero-order valence-corrected chi connectivity index (χ0v) is 18.4. The topological polar surface area (TPSA) is 105 Å². The molecule has 0 aliphatic heterocycles. The molecule has 7 nitrogen and oxygen atoms in total. The Morgan fingerprint density at radius 1 is 0.939 bits per heavy atom. The lowest BCUT2D eigenvalue weighted by Crippen LogP contribution is -2.16. The SMILES string of the molecule is O=C(O)CC1CCC(c2ccc(-c3ccc(NC(=O)c4cnoc4C4CC4)cn3)cc2)CC1. The molecular formula is C26H27N3O4. The highest BCUT2D eigenvalue weighted by Crippen LogP contribution is 2.41. The van der Waals surface area contributed by atoms with Crippen LogP contribution in [0.4, 0.5) is 5.69 Å². The van der Waals surface area contributed by atoms with Gasteiger partial charge in [-0.2, -0.15) is 0 Å². The standard InChI is InChI=1S/C26H27N3O4/c30-24(31)13-16-1-3-17(4-2-16)18-5-7-19(8-6-18)23-12-11-21(14-27-23)29-26(32)22-15-28-33-25(22)20-9-10-20/h5-8,11-12,14-17,20H,1-4,9-10,13H2,(H,29,32)(H,30,31). The fourth-order valence-corrected chi connectivity index (χ4v) is 4.77. The van der Waals surface area contributed by atoms with Gasteiger partial charge in [0, 0.05) is 17.9 Å². The van der Waals surface area contributed by atoms with Gasteiger partial charge in [0.2, 0.25) is 0 Å². The van der Waals surface area contributed by atoms with Crippen molar-refractivity contribution in [3.63, 3.8) is 0 Å². The molecule has 2 saturated carbocycles. The Kier molecular flexibility index (Phi) is 5.94. The second-order valence-corrected chi connectivity index (χ2v) is 9.20. The number of anilines is 1. The van der Waals surface area contributed by atoms with E-state index < -0.39 is 5.97 Å². The number of carbonyl (C=O) groups is 2. The maximum atomic E-state index is 12.6. The van der Waals surface area contributed by atoms with Crippen LogP contribution in [0.2, 0.25) is 0 Å². The highest BCUT2D eigenvalue weighted by Gasteiger charge is 2.32. The molecule has 2 heterocycles. The molecule has 33 heavy (non-hydrogen) atoms. The van der Waals surface area contributed by atoms with E-state index in [-0.39, 0.29) is 12.3 Å². The third kappa shape index (κ3) is 4.97. The molecule has 2 aliphatic rings. The Balaban J connectivity index is 1.19. The van der Waals surface area contributed by atoms with Crippen molar-refractivity contribution >= 4 is 17.6 Å². The maximum absolute atomic E-state index is 12.6. The summed E-state index contributed by atoms with van der Waals surface area (Å²) in [6.45, 7) is 0. The van der Waals surface area contributed by atoms with Crippen molar-refractivity contribution in [1.29, 1.82) is 0 Å². The van der Waals surface area contributed by atoms with Crippen LogP contribution in [0, 0.1) is 5.92 Å². The molecule has 170 valence electrons. The molecule has 0 bridgehead atoms. The van der Waals surface area contributed by atoms with Crippen LogP contribution in [0.1, 0.15) is 78.5 Å². The average molecular weight is 446 g/mol. The van der Waals surface area contributed by atoms with Gasteiger partial charge in [-0.3, -0.25) is 14.6 Å². The van der Waals surface area contributed by atoms with Gasteiger partial charge in [0.15, 0.2) is 5.76 Å². The van der Waals surface area contributed by atoms with Crippen molar-refractivity contribution in [2.24, 2.45) is 5.92 Å². The predicted molar refractivity (Wildman–Crippen MR) is 123 cm³/mol. The number of pyridine rings is 1. The summed E-state index contributed by atoms with van der Waals surface area (Å²) >= 11 is 0. The summed E-state index contributed by atoms with van der Waals surface area (Å²) in [5.74, 6) is 0.875. The normalized spacial score (nSPS) is 20.4. The van der Waals surface area contributed by atoms with Gasteiger partial charge in [0.25, 0.3) is 5.91 Å². The first-order valence-corrected chi connectivity index (χ1v) is 11.6. The molecule has 3 aromatic rings. The van der Waals surface area contributed by atoms with E-state index in [0.29, 0.717) is 34.8 Å². The van der Waals surface area contributed by atoms with Crippen molar-refractivity contribution in [2.75, 3.05) is 5.32 Å². The second kappa shape index (κ2) is 9.17. The van der Waals surface area contributed by atoms with Gasteiger partial charge in [-0.15, -0.1) is 0 Å². The van der Waals surface area contributed by atoms with Crippen LogP contribution in [0.15, 0.2) is 53.3 Å². The predicted octanol–water partition coefficient (Wildman–Crippen LogP) is 5.61. The lowest BCUT2D eigenvalue weighted by atomic mass is 9.77. The van der Waals surface area contributed by atoms with E-state index in [9.17, 15) is 9.59 Å². The van der Waals surface area contributed by atoms with E-state index in [0.717, 1.165) is 49.8 Å². The van der Waals surface area contributed by atoms with Crippen molar-refractivity contribution < 1.29 is 19.2 Å². The first-order chi connectivity index (χ1) is 16.1. The minimum atomic E-state index is -0.692. The monoisotopic (exact) mass is 445 g/mol. The van der Waals surface area contributed by atoms with Gasteiger partial charge in [-0.25, -0.2) is 0 Å². The van der Waals surface area contributed by atoms with E-state index in [1.165, 1.54) is 11.8 Å². The fraction of sp³-hybridized carbons (Fsp3) is 0.385. The van der Waals surface area contributed by atoms with Gasteiger partial charge in [0.05, 0.1) is 23.8 Å². The van der Waals surface area contributed by atoms with Crippen LogP contribution >= 0.6 is 0 Å². The van der Waals surface area contributed by atoms with Crippen LogP contribution in [-0.4, -0.2) is 27.1 Å². The van der Waals surface area contributed by atoms with Gasteiger partial charge < -0.3 is 14.9 Å². The summed E-state index contributed by atoms with van der Waals surface area (Å²) in [4.78, 5) is 28.0. The molecule has 5 rings (SSSR count). The van der Waals surface area contributed by atoms with E-state index >= 15 is 0 Å². The van der Waals surface area contributed by atoms with Gasteiger partial charge in [-0.1, -0.05) is 29.4 Å². The molecular weight excluding hydrogens is 418 g/mol. The van der Waals surface area contributed by atoms with Crippen LogP contribution in [0.5, 0.6) is 0 Å². The van der Waals surface area contributed by atoms with Gasteiger partial charge in [0.1, 0.15) is 5.56 Å². The zero-order chi connectivity index (χ0) is 22.8. The van der Waals surface area contributed by atoms with Crippen LogP contribution in [-0.2, 0) is 4.79 Å². The summed E-state index contributed by atoms with van der Waals surface area (Å²) in [5, 5.41) is 15.6. The van der Waals surface area contributed by atoms with Crippen molar-refractivity contribution in [1.82, 2.24) is 10.1 Å². The third-order valence-corrected chi connectivity index (χ3v) is 6.80. The van der Waals surface area contributed by atoms with Crippen LogP contribution < -0.4 is 5.32 Å². The third-order valence-electron chi connectivity index (χ3n) is 6.80. The maximum Gasteiger partial charge on any atom is 0.303 e. The molecule has 0 saturated heterocycles. The van der Waals surface area contributed by atoms with E-state index in [2.05, 4.69) is 39.7 Å². The number of carbonyl (C=O) groups excluding carboxylic acids is 1. The number of carboxylic acids is 1. The number of hydrogen-bond acceptors (Lipinski definition) is 5. The number of aromatic nitrogens is 2. The smallest absolute Gasteiger partial charge is 0.303 e. The lowest BCUT2D eigenvalue weighted by molar-refractivity contribution is -0.138. The summed E-state index contributed by atoms with van der Waals surface area (Å²) in [6.07, 6.45) is 9.54. The number of hydrogen-bond donors (Lipinski definition) is 2. The average Bonchev–Trinajstić information content (AvgIpc) is 3.55. The second-order valence-electron chi connectivity index (χ2n) is 9.20. The molecule has 2 N–H and O–H groups in total. The number of benzene rings is 1. The minimum Gasteiger partial charge on any atom is -0.481 e. The quantitative estimate of drug-likeness (QED) is 0.489. The number of nitrogens with one attached hydrogen (secondary N) is 1. The molecule has 0 spiro atoms. The summed E-state index contributed by atoms with van der Waals surface area (Å²) < 4.78 is 5.25. The van der Waals surface area contributed by atoms with E-state index in [4.69, 9.17) is 9.63 Å². The summed E-state index contributed by atoms with van der Waals surface area (Å²) in [7, 11) is 0. The largest absolute Gasteiger partial charge is 0.481 e. The van der Waals surface area contributed by atoms with Gasteiger partial charge in [-0.05, 0) is 68.1 Å². The number of amides is 1. The molecule has 7 heteroatoms. The Labute approximate surface area is 192 Å². The van der Waals surface area contributed by atoms with Crippen molar-refractivity contribution in [3.8, 4) is 11.3 Å². The lowest BCUT2D eigenvalue weighted by Gasteiger charge is -2.28. The fourth-order valence-electron chi connectivity index (χ4n) is 4.77. The first-order valence-electron chi connectivity index (χ1n) is 11.6. The summed E-state index contributed by atoms with van der Waals surface area (Å²) in [6, 6.07) is 12.2. The van der Waals surface area contributed by atoms with Crippen molar-refractivity contribution in [2.45, 2.75) is 56.8 Å². The van der Waals surface area contributed by atoms with E-state index in [1.807, 2.05) is 12.1 Å². The van der Waals surface area contributed by atoms with Crippen molar-refractivity contribution in [3.05, 3.63) is 65.7 Å². The Hall–Kier alpha value is -3.48. The minimum absolute atomic E-state index is 0.227. The number of aliphatic carboxylic acids is 1. The molecule has 0 unspecified atom stereocenters. The molecule has 0 atom stereocenters. The Bertz CT molecular complexity index is 1130. The Morgan fingerprint density at radius 3 is 2.30 bits per heavy atom. The highest BCUT2D eigenvalue weighted by molar-refractivity contribution is 6.04. The Morgan fingerprint density at radius 2 is 1.67 bits per heavy atom. The molecule has 2 fully saturated rings. The number of carboxylic acid groups (broad SMARTS) is 1. The van der Waals surface area contributed by atoms with E-state index in [1.54, 1.807) is 6.20 Å². The highest BCUT2D eigenvalue weighted by atomic mass is 16.5.